The van der Waals surface area contributed by atoms with Crippen LogP contribution in [-0.4, -0.2) is 47.9 Å². The zero-order chi connectivity index (χ0) is 27.4. The van der Waals surface area contributed by atoms with Gasteiger partial charge in [-0.3, -0.25) is 14.5 Å². The van der Waals surface area contributed by atoms with Crippen molar-refractivity contribution in [3.63, 3.8) is 0 Å². The van der Waals surface area contributed by atoms with Gasteiger partial charge >= 0.3 is 0 Å². The van der Waals surface area contributed by atoms with Crippen LogP contribution in [0.5, 0.6) is 11.5 Å². The van der Waals surface area contributed by atoms with Crippen molar-refractivity contribution in [3.05, 3.63) is 91.8 Å². The normalized spacial score (nSPS) is 18.5. The zero-order valence-electron chi connectivity index (χ0n) is 21.6. The van der Waals surface area contributed by atoms with Gasteiger partial charge in [-0.05, 0) is 67.3 Å². The van der Waals surface area contributed by atoms with E-state index < -0.39 is 5.91 Å². The molecule has 2 unspecified atom stereocenters. The highest BCUT2D eigenvalue weighted by molar-refractivity contribution is 6.35. The molecule has 3 aromatic rings. The molecular formula is C29H30Cl2N4O4. The van der Waals surface area contributed by atoms with Crippen molar-refractivity contribution in [2.24, 2.45) is 11.0 Å². The highest BCUT2D eigenvalue weighted by Crippen LogP contribution is 2.36. The Labute approximate surface area is 237 Å². The molecule has 8 nitrogen and oxygen atoms in total. The SMILES string of the molecule is CCOc1ccc(/C=N/NC(=O)COc2ccc(Cl)cc2Cl)cc1CN1CC2CC(C1)c1cccc(=O)n1C2. The van der Waals surface area contributed by atoms with E-state index in [4.69, 9.17) is 32.7 Å². The van der Waals surface area contributed by atoms with Gasteiger partial charge in [0.05, 0.1) is 17.8 Å². The summed E-state index contributed by atoms with van der Waals surface area (Å²) in [4.78, 5) is 27.0. The Morgan fingerprint density at radius 3 is 2.74 bits per heavy atom. The number of nitrogens with one attached hydrogen (secondary N) is 1. The quantitative estimate of drug-likeness (QED) is 0.298. The molecule has 0 aliphatic carbocycles. The average molecular weight is 569 g/mol. The van der Waals surface area contributed by atoms with Crippen molar-refractivity contribution < 1.29 is 14.3 Å². The monoisotopic (exact) mass is 568 g/mol. The Kier molecular flexibility index (Phi) is 8.55. The van der Waals surface area contributed by atoms with Crippen LogP contribution in [0.25, 0.3) is 0 Å². The molecule has 1 fully saturated rings. The summed E-state index contributed by atoms with van der Waals surface area (Å²) >= 11 is 12.0. The van der Waals surface area contributed by atoms with Crippen LogP contribution in [0.3, 0.4) is 0 Å². The molecule has 1 saturated heterocycles. The molecule has 1 aromatic heterocycles. The van der Waals surface area contributed by atoms with Crippen LogP contribution < -0.4 is 20.5 Å². The summed E-state index contributed by atoms with van der Waals surface area (Å²) in [5, 5.41) is 4.91. The summed E-state index contributed by atoms with van der Waals surface area (Å²) in [7, 11) is 0. The number of pyridine rings is 1. The fourth-order valence-electron chi connectivity index (χ4n) is 5.41. The number of benzene rings is 2. The third kappa shape index (κ3) is 6.64. The van der Waals surface area contributed by atoms with Gasteiger partial charge in [0.2, 0.25) is 0 Å². The maximum atomic E-state index is 12.4. The van der Waals surface area contributed by atoms with Crippen molar-refractivity contribution in [1.29, 1.82) is 0 Å². The fraction of sp³-hybridized carbons (Fsp3) is 0.345. The number of carbonyl (C=O) groups excluding carboxylic acids is 1. The number of likely N-dealkylation sites (tertiary alicyclic amines) is 1. The van der Waals surface area contributed by atoms with Crippen LogP contribution in [-0.2, 0) is 17.9 Å². The van der Waals surface area contributed by atoms with E-state index >= 15 is 0 Å². The molecule has 1 amide bonds. The average Bonchev–Trinajstić information content (AvgIpc) is 2.90. The van der Waals surface area contributed by atoms with Crippen LogP contribution in [0.2, 0.25) is 10.0 Å². The Morgan fingerprint density at radius 1 is 1.08 bits per heavy atom. The predicted octanol–water partition coefficient (Wildman–Crippen LogP) is 4.70. The minimum absolute atomic E-state index is 0.0914. The summed E-state index contributed by atoms with van der Waals surface area (Å²) < 4.78 is 13.3. The highest BCUT2D eigenvalue weighted by atomic mass is 35.5. The molecular weight excluding hydrogens is 539 g/mol. The first-order chi connectivity index (χ1) is 18.9. The molecule has 204 valence electrons. The minimum atomic E-state index is -0.414. The Bertz CT molecular complexity index is 1440. The predicted molar refractivity (Wildman–Crippen MR) is 152 cm³/mol. The molecule has 10 heteroatoms. The van der Waals surface area contributed by atoms with Crippen molar-refractivity contribution in [1.82, 2.24) is 14.9 Å². The number of hydrogen-bond acceptors (Lipinski definition) is 6. The summed E-state index contributed by atoms with van der Waals surface area (Å²) in [5.41, 5.74) is 5.60. The summed E-state index contributed by atoms with van der Waals surface area (Å²) in [5.74, 6) is 1.57. The van der Waals surface area contributed by atoms with Crippen molar-refractivity contribution in [2.75, 3.05) is 26.3 Å². The summed E-state index contributed by atoms with van der Waals surface area (Å²) in [6, 6.07) is 16.3. The Balaban J connectivity index is 1.22. The van der Waals surface area contributed by atoms with E-state index in [1.165, 1.54) is 0 Å². The van der Waals surface area contributed by atoms with Crippen molar-refractivity contribution >= 4 is 35.3 Å². The van der Waals surface area contributed by atoms with Gasteiger partial charge in [0.25, 0.3) is 11.5 Å². The maximum Gasteiger partial charge on any atom is 0.277 e. The molecule has 0 spiro atoms. The standard InChI is InChI=1S/C29H30Cl2N4O4/c1-2-38-26-8-6-19(13-32-33-28(36)18-39-27-9-7-23(30)12-24(27)31)10-22(26)17-34-14-20-11-21(16-34)25-4-3-5-29(37)35(25)15-20/h3-10,12-13,20-21H,2,11,14-18H2,1H3,(H,33,36)/b32-13+. The van der Waals surface area contributed by atoms with Gasteiger partial charge in [0.15, 0.2) is 6.61 Å². The number of nitrogens with zero attached hydrogens (tertiary/aromatic N) is 3. The number of hydrogen-bond donors (Lipinski definition) is 1. The van der Waals surface area contributed by atoms with E-state index in [0.717, 1.165) is 55.2 Å². The van der Waals surface area contributed by atoms with Crippen LogP contribution in [0, 0.1) is 5.92 Å². The molecule has 3 heterocycles. The zero-order valence-corrected chi connectivity index (χ0v) is 23.1. The van der Waals surface area contributed by atoms with E-state index in [2.05, 4.69) is 21.5 Å². The summed E-state index contributed by atoms with van der Waals surface area (Å²) in [6.07, 6.45) is 2.71. The third-order valence-corrected chi connectivity index (χ3v) is 7.52. The molecule has 0 saturated carbocycles. The van der Waals surface area contributed by atoms with Crippen LogP contribution in [0.4, 0.5) is 0 Å². The first kappa shape index (κ1) is 27.2. The van der Waals surface area contributed by atoms with Crippen LogP contribution in [0.1, 0.15) is 36.1 Å². The van der Waals surface area contributed by atoms with Crippen molar-refractivity contribution in [3.8, 4) is 11.5 Å². The van der Waals surface area contributed by atoms with E-state index in [-0.39, 0.29) is 12.2 Å². The number of ether oxygens (including phenoxy) is 2. The van der Waals surface area contributed by atoms with E-state index in [1.54, 1.807) is 30.5 Å². The molecule has 39 heavy (non-hydrogen) atoms. The van der Waals surface area contributed by atoms with Gasteiger partial charge in [0.1, 0.15) is 11.5 Å². The molecule has 2 aliphatic rings. The molecule has 1 N–H and O–H groups in total. The number of amides is 1. The number of carbonyl (C=O) groups is 1. The lowest BCUT2D eigenvalue weighted by atomic mass is 9.83. The Hall–Kier alpha value is -3.33. The molecule has 2 atom stereocenters. The Morgan fingerprint density at radius 2 is 1.92 bits per heavy atom. The number of hydrazone groups is 1. The van der Waals surface area contributed by atoms with Gasteiger partial charge in [-0.25, -0.2) is 5.43 Å². The minimum Gasteiger partial charge on any atom is -0.494 e. The van der Waals surface area contributed by atoms with Gasteiger partial charge in [-0.15, -0.1) is 0 Å². The second kappa shape index (κ2) is 12.2. The lowest BCUT2D eigenvalue weighted by Gasteiger charge is -2.43. The molecule has 2 bridgehead atoms. The fourth-order valence-corrected chi connectivity index (χ4v) is 5.87. The van der Waals surface area contributed by atoms with Crippen LogP contribution in [0.15, 0.2) is 64.5 Å². The maximum absolute atomic E-state index is 12.4. The molecule has 2 aliphatic heterocycles. The lowest BCUT2D eigenvalue weighted by molar-refractivity contribution is -0.123. The topological polar surface area (TPSA) is 85.2 Å². The first-order valence-corrected chi connectivity index (χ1v) is 13.7. The van der Waals surface area contributed by atoms with E-state index in [9.17, 15) is 9.59 Å². The summed E-state index contributed by atoms with van der Waals surface area (Å²) in [6.45, 7) is 5.60. The van der Waals surface area contributed by atoms with Gasteiger partial charge < -0.3 is 14.0 Å². The van der Waals surface area contributed by atoms with Crippen molar-refractivity contribution in [2.45, 2.75) is 32.4 Å². The van der Waals surface area contributed by atoms with Crippen LogP contribution >= 0.6 is 23.2 Å². The van der Waals surface area contributed by atoms with Gasteiger partial charge in [-0.1, -0.05) is 29.3 Å². The molecule has 0 radical (unpaired) electrons. The van der Waals surface area contributed by atoms with Gasteiger partial charge in [-0.2, -0.15) is 5.10 Å². The number of piperidine rings is 1. The van der Waals surface area contributed by atoms with Gasteiger partial charge in [0, 0.05) is 54.4 Å². The first-order valence-electron chi connectivity index (χ1n) is 13.0. The highest BCUT2D eigenvalue weighted by Gasteiger charge is 2.34. The van der Waals surface area contributed by atoms with E-state index in [1.807, 2.05) is 35.8 Å². The largest absolute Gasteiger partial charge is 0.494 e. The lowest BCUT2D eigenvalue weighted by Crippen LogP contribution is -2.46. The third-order valence-electron chi connectivity index (χ3n) is 6.99. The number of fused-ring (bicyclic) bond motifs is 4. The van der Waals surface area contributed by atoms with E-state index in [0.29, 0.717) is 34.2 Å². The molecule has 2 aromatic carbocycles. The second-order valence-electron chi connectivity index (χ2n) is 9.85. The smallest absolute Gasteiger partial charge is 0.277 e. The number of aromatic nitrogens is 1. The second-order valence-corrected chi connectivity index (χ2v) is 10.7. The number of rotatable bonds is 9. The number of halogens is 2. The molecule has 5 rings (SSSR count).